The molecule has 0 spiro atoms. The molecule has 4 rings (SSSR count). The first-order valence-corrected chi connectivity index (χ1v) is 11.3. The van der Waals surface area contributed by atoms with Crippen molar-refractivity contribution >= 4 is 22.9 Å². The molecule has 1 amide bonds. The third kappa shape index (κ3) is 6.13. The Hall–Kier alpha value is -2.75. The summed E-state index contributed by atoms with van der Waals surface area (Å²) in [5, 5.41) is 9.01. The van der Waals surface area contributed by atoms with Gasteiger partial charge in [-0.15, -0.1) is 11.3 Å². The molecule has 1 aliphatic rings. The van der Waals surface area contributed by atoms with Crippen molar-refractivity contribution in [2.75, 3.05) is 51.7 Å². The second kappa shape index (κ2) is 10.5. The second-order valence-electron chi connectivity index (χ2n) is 7.49. The third-order valence-corrected chi connectivity index (χ3v) is 6.13. The summed E-state index contributed by atoms with van der Waals surface area (Å²) in [5.74, 6) is 2.09. The fourth-order valence-electron chi connectivity index (χ4n) is 3.59. The zero-order chi connectivity index (χ0) is 21.5. The van der Waals surface area contributed by atoms with E-state index in [1.807, 2.05) is 41.8 Å². The van der Waals surface area contributed by atoms with Crippen LogP contribution in [0.4, 0.5) is 5.69 Å². The van der Waals surface area contributed by atoms with Crippen LogP contribution in [0.1, 0.15) is 12.3 Å². The van der Waals surface area contributed by atoms with Gasteiger partial charge in [0, 0.05) is 44.4 Å². The van der Waals surface area contributed by atoms with Crippen molar-refractivity contribution in [3.8, 4) is 16.5 Å². The van der Waals surface area contributed by atoms with Crippen molar-refractivity contribution in [3.63, 3.8) is 0 Å². The number of rotatable bonds is 9. The molecular weight excluding hydrogens is 414 g/mol. The SMILES string of the molecule is COc1cccc(NC(=O)CN2CCN(CCCc3nc(-c4cccs4)no3)CC2)c1. The van der Waals surface area contributed by atoms with Gasteiger partial charge in [-0.3, -0.25) is 9.69 Å². The molecule has 2 aromatic heterocycles. The maximum absolute atomic E-state index is 12.3. The lowest BCUT2D eigenvalue weighted by Gasteiger charge is -2.34. The van der Waals surface area contributed by atoms with Gasteiger partial charge in [-0.05, 0) is 36.5 Å². The molecule has 3 heterocycles. The predicted octanol–water partition coefficient (Wildman–Crippen LogP) is 3.00. The van der Waals surface area contributed by atoms with Crippen LogP contribution in [0.25, 0.3) is 10.7 Å². The molecule has 164 valence electrons. The minimum Gasteiger partial charge on any atom is -0.497 e. The summed E-state index contributed by atoms with van der Waals surface area (Å²) in [7, 11) is 1.62. The zero-order valence-corrected chi connectivity index (χ0v) is 18.4. The highest BCUT2D eigenvalue weighted by Gasteiger charge is 2.19. The molecule has 8 nitrogen and oxygen atoms in total. The molecule has 1 saturated heterocycles. The fourth-order valence-corrected chi connectivity index (χ4v) is 4.24. The maximum atomic E-state index is 12.3. The van der Waals surface area contributed by atoms with Gasteiger partial charge in [0.25, 0.3) is 0 Å². The number of aromatic nitrogens is 2. The van der Waals surface area contributed by atoms with Gasteiger partial charge in [-0.25, -0.2) is 0 Å². The van der Waals surface area contributed by atoms with Crippen LogP contribution < -0.4 is 10.1 Å². The molecule has 1 N–H and O–H groups in total. The number of aryl methyl sites for hydroxylation is 1. The summed E-state index contributed by atoms with van der Waals surface area (Å²) in [6.45, 7) is 5.07. The number of amides is 1. The Bertz CT molecular complexity index is 967. The molecule has 3 aromatic rings. The van der Waals surface area contributed by atoms with Crippen LogP contribution in [0, 0.1) is 0 Å². The Labute approximate surface area is 185 Å². The summed E-state index contributed by atoms with van der Waals surface area (Å²) in [6, 6.07) is 11.4. The van der Waals surface area contributed by atoms with Crippen molar-refractivity contribution < 1.29 is 14.1 Å². The number of carbonyl (C=O) groups excluding carboxylic acids is 1. The number of hydrogen-bond acceptors (Lipinski definition) is 8. The van der Waals surface area contributed by atoms with E-state index < -0.39 is 0 Å². The van der Waals surface area contributed by atoms with E-state index in [2.05, 4.69) is 25.3 Å². The minimum absolute atomic E-state index is 0.000332. The van der Waals surface area contributed by atoms with Crippen LogP contribution in [-0.4, -0.2) is 72.2 Å². The highest BCUT2D eigenvalue weighted by atomic mass is 32.1. The van der Waals surface area contributed by atoms with E-state index in [9.17, 15) is 4.79 Å². The highest BCUT2D eigenvalue weighted by molar-refractivity contribution is 7.13. The number of carbonyl (C=O) groups is 1. The number of piperazine rings is 1. The second-order valence-corrected chi connectivity index (χ2v) is 8.44. The number of hydrogen-bond donors (Lipinski definition) is 1. The van der Waals surface area contributed by atoms with Crippen molar-refractivity contribution in [1.29, 1.82) is 0 Å². The van der Waals surface area contributed by atoms with Crippen molar-refractivity contribution in [3.05, 3.63) is 47.7 Å². The van der Waals surface area contributed by atoms with Crippen molar-refractivity contribution in [1.82, 2.24) is 19.9 Å². The summed E-state index contributed by atoms with van der Waals surface area (Å²) in [4.78, 5) is 22.5. The van der Waals surface area contributed by atoms with Crippen LogP contribution in [0.15, 0.2) is 46.3 Å². The summed E-state index contributed by atoms with van der Waals surface area (Å²) < 4.78 is 10.6. The Morgan fingerprint density at radius 3 is 2.81 bits per heavy atom. The standard InChI is InChI=1S/C22H27N5O3S/c1-29-18-6-2-5-17(15-18)23-20(28)16-27-12-10-26(11-13-27)9-3-8-21-24-22(25-30-21)19-7-4-14-31-19/h2,4-7,14-15H,3,8-13,16H2,1H3,(H,23,28). The number of ether oxygens (including phenoxy) is 1. The normalized spacial score (nSPS) is 15.1. The first-order valence-electron chi connectivity index (χ1n) is 10.4. The van der Waals surface area contributed by atoms with Gasteiger partial charge in [-0.1, -0.05) is 17.3 Å². The van der Waals surface area contributed by atoms with Gasteiger partial charge < -0.3 is 19.5 Å². The van der Waals surface area contributed by atoms with Gasteiger partial charge in [0.1, 0.15) is 5.75 Å². The van der Waals surface area contributed by atoms with Gasteiger partial charge in [0.15, 0.2) is 0 Å². The number of methoxy groups -OCH3 is 1. The molecule has 31 heavy (non-hydrogen) atoms. The molecule has 0 aliphatic carbocycles. The van der Waals surface area contributed by atoms with Crippen LogP contribution in [0.3, 0.4) is 0 Å². The van der Waals surface area contributed by atoms with E-state index in [4.69, 9.17) is 9.26 Å². The Kier molecular flexibility index (Phi) is 7.29. The lowest BCUT2D eigenvalue weighted by molar-refractivity contribution is -0.117. The van der Waals surface area contributed by atoms with Gasteiger partial charge in [0.05, 0.1) is 18.5 Å². The summed E-state index contributed by atoms with van der Waals surface area (Å²) in [5.41, 5.74) is 0.756. The molecule has 0 bridgehead atoms. The minimum atomic E-state index is -0.000332. The van der Waals surface area contributed by atoms with Gasteiger partial charge in [-0.2, -0.15) is 4.98 Å². The fraction of sp³-hybridized carbons (Fsp3) is 0.409. The average molecular weight is 442 g/mol. The lowest BCUT2D eigenvalue weighted by atomic mass is 10.2. The zero-order valence-electron chi connectivity index (χ0n) is 17.6. The maximum Gasteiger partial charge on any atom is 0.238 e. The van der Waals surface area contributed by atoms with Gasteiger partial charge >= 0.3 is 0 Å². The largest absolute Gasteiger partial charge is 0.497 e. The highest BCUT2D eigenvalue weighted by Crippen LogP contribution is 2.21. The van der Waals surface area contributed by atoms with Crippen LogP contribution in [0.2, 0.25) is 0 Å². The molecule has 1 aromatic carbocycles. The number of benzene rings is 1. The molecule has 0 saturated carbocycles. The topological polar surface area (TPSA) is 83.7 Å². The predicted molar refractivity (Wildman–Crippen MR) is 120 cm³/mol. The molecule has 0 unspecified atom stereocenters. The van der Waals surface area contributed by atoms with E-state index in [1.54, 1.807) is 18.4 Å². The average Bonchev–Trinajstić information content (AvgIpc) is 3.47. The van der Waals surface area contributed by atoms with E-state index in [1.165, 1.54) is 0 Å². The molecule has 9 heteroatoms. The van der Waals surface area contributed by atoms with E-state index in [0.29, 0.717) is 18.3 Å². The number of thiophene rings is 1. The van der Waals surface area contributed by atoms with Gasteiger partial charge in [0.2, 0.25) is 17.6 Å². The molecular formula is C22H27N5O3S. The van der Waals surface area contributed by atoms with Crippen LogP contribution in [-0.2, 0) is 11.2 Å². The summed E-state index contributed by atoms with van der Waals surface area (Å²) in [6.07, 6.45) is 1.75. The number of anilines is 1. The van der Waals surface area contributed by atoms with E-state index in [0.717, 1.165) is 61.9 Å². The van der Waals surface area contributed by atoms with E-state index in [-0.39, 0.29) is 5.91 Å². The lowest BCUT2D eigenvalue weighted by Crippen LogP contribution is -2.48. The van der Waals surface area contributed by atoms with Crippen molar-refractivity contribution in [2.45, 2.75) is 12.8 Å². The Balaban J connectivity index is 1.14. The number of nitrogens with zero attached hydrogens (tertiary/aromatic N) is 4. The Morgan fingerprint density at radius 2 is 2.03 bits per heavy atom. The third-order valence-electron chi connectivity index (χ3n) is 5.26. The smallest absolute Gasteiger partial charge is 0.238 e. The monoisotopic (exact) mass is 441 g/mol. The molecule has 1 aliphatic heterocycles. The molecule has 0 radical (unpaired) electrons. The summed E-state index contributed by atoms with van der Waals surface area (Å²) >= 11 is 1.61. The molecule has 1 fully saturated rings. The van der Waals surface area contributed by atoms with Crippen LogP contribution >= 0.6 is 11.3 Å². The molecule has 0 atom stereocenters. The van der Waals surface area contributed by atoms with Crippen LogP contribution in [0.5, 0.6) is 5.75 Å². The number of nitrogens with one attached hydrogen (secondary N) is 1. The Morgan fingerprint density at radius 1 is 1.19 bits per heavy atom. The van der Waals surface area contributed by atoms with E-state index >= 15 is 0 Å². The van der Waals surface area contributed by atoms with Crippen molar-refractivity contribution in [2.24, 2.45) is 0 Å². The quantitative estimate of drug-likeness (QED) is 0.546. The first kappa shape index (κ1) is 21.5. The first-order chi connectivity index (χ1) is 15.2.